The smallest absolute Gasteiger partial charge is 0.185 e. The number of aromatic nitrogens is 3. The molecule has 126 valence electrons. The van der Waals surface area contributed by atoms with Gasteiger partial charge in [0.05, 0.1) is 5.69 Å². The summed E-state index contributed by atoms with van der Waals surface area (Å²) in [6, 6.07) is 0. The maximum atomic E-state index is 5.02. The van der Waals surface area contributed by atoms with Crippen LogP contribution in [0.1, 0.15) is 48.0 Å². The maximum Gasteiger partial charge on any atom is 0.185 e. The molecule has 0 aromatic carbocycles. The summed E-state index contributed by atoms with van der Waals surface area (Å²) in [5.74, 6) is 2.99. The van der Waals surface area contributed by atoms with Crippen molar-refractivity contribution in [3.63, 3.8) is 0 Å². The van der Waals surface area contributed by atoms with Gasteiger partial charge < -0.3 is 9.80 Å². The highest BCUT2D eigenvalue weighted by Crippen LogP contribution is 2.40. The minimum atomic E-state index is 0.634. The van der Waals surface area contributed by atoms with Gasteiger partial charge in [0, 0.05) is 48.7 Å². The van der Waals surface area contributed by atoms with E-state index in [2.05, 4.69) is 27.1 Å². The van der Waals surface area contributed by atoms with E-state index in [1.54, 1.807) is 11.3 Å². The van der Waals surface area contributed by atoms with Crippen molar-refractivity contribution in [3.05, 3.63) is 28.2 Å². The van der Waals surface area contributed by atoms with Crippen molar-refractivity contribution in [2.75, 3.05) is 36.0 Å². The fraction of sp³-hybridized carbons (Fsp3) is 0.611. The number of hydrogen-bond acceptors (Lipinski definition) is 6. The largest absolute Gasteiger partial charge is 0.353 e. The molecule has 1 aliphatic heterocycles. The van der Waals surface area contributed by atoms with E-state index >= 15 is 0 Å². The second-order valence-corrected chi connectivity index (χ2v) is 8.04. The fourth-order valence-electron chi connectivity index (χ4n) is 3.81. The van der Waals surface area contributed by atoms with Gasteiger partial charge in [-0.2, -0.15) is 0 Å². The summed E-state index contributed by atoms with van der Waals surface area (Å²) in [4.78, 5) is 19.4. The summed E-state index contributed by atoms with van der Waals surface area (Å²) < 4.78 is 0. The average Bonchev–Trinajstić information content (AvgIpc) is 3.19. The highest BCUT2D eigenvalue weighted by Gasteiger charge is 2.31. The zero-order chi connectivity index (χ0) is 16.1. The van der Waals surface area contributed by atoms with E-state index in [0.717, 1.165) is 50.5 Å². The molecule has 2 fully saturated rings. The molecule has 0 spiro atoms. The number of piperazine rings is 1. The van der Waals surface area contributed by atoms with E-state index in [0.29, 0.717) is 5.92 Å². The molecule has 5 nitrogen and oxygen atoms in total. The number of anilines is 2. The quantitative estimate of drug-likeness (QED) is 0.859. The van der Waals surface area contributed by atoms with Crippen LogP contribution >= 0.6 is 11.3 Å². The standard InChI is InChI=1S/C18H23N5S/c1-12-11-24-18(19-12)23-9-7-22(8-10-23)17-14-3-2-4-15(14)20-16(21-17)13-5-6-13/h11,13H,2-10H2,1H3. The molecule has 0 amide bonds. The number of hydrogen-bond donors (Lipinski definition) is 0. The average molecular weight is 341 g/mol. The Morgan fingerprint density at radius 1 is 1.00 bits per heavy atom. The van der Waals surface area contributed by atoms with E-state index in [4.69, 9.17) is 9.97 Å². The third-order valence-electron chi connectivity index (χ3n) is 5.33. The first kappa shape index (κ1) is 14.6. The molecule has 24 heavy (non-hydrogen) atoms. The monoisotopic (exact) mass is 341 g/mol. The second kappa shape index (κ2) is 5.69. The molecule has 6 heteroatoms. The molecule has 0 N–H and O–H groups in total. The zero-order valence-corrected chi connectivity index (χ0v) is 15.0. The second-order valence-electron chi connectivity index (χ2n) is 7.20. The Hall–Kier alpha value is -1.69. The highest BCUT2D eigenvalue weighted by atomic mass is 32.1. The van der Waals surface area contributed by atoms with Crippen LogP contribution in [-0.4, -0.2) is 41.1 Å². The van der Waals surface area contributed by atoms with Crippen LogP contribution in [0, 0.1) is 6.92 Å². The van der Waals surface area contributed by atoms with E-state index < -0.39 is 0 Å². The third-order valence-corrected chi connectivity index (χ3v) is 6.35. The molecule has 0 bridgehead atoms. The molecular weight excluding hydrogens is 318 g/mol. The van der Waals surface area contributed by atoms with Crippen LogP contribution in [0.2, 0.25) is 0 Å². The van der Waals surface area contributed by atoms with Crippen molar-refractivity contribution in [2.24, 2.45) is 0 Å². The summed E-state index contributed by atoms with van der Waals surface area (Å²) in [7, 11) is 0. The third kappa shape index (κ3) is 2.57. The first-order valence-corrected chi connectivity index (χ1v) is 9.97. The minimum absolute atomic E-state index is 0.634. The molecule has 3 heterocycles. The van der Waals surface area contributed by atoms with Crippen molar-refractivity contribution in [1.29, 1.82) is 0 Å². The van der Waals surface area contributed by atoms with E-state index in [1.807, 2.05) is 0 Å². The van der Waals surface area contributed by atoms with Gasteiger partial charge >= 0.3 is 0 Å². The number of fused-ring (bicyclic) bond motifs is 1. The molecule has 2 aromatic heterocycles. The first-order chi connectivity index (χ1) is 11.8. The molecular formula is C18H23N5S. The topological polar surface area (TPSA) is 45.2 Å². The molecule has 0 atom stereocenters. The van der Waals surface area contributed by atoms with E-state index in [-0.39, 0.29) is 0 Å². The number of nitrogens with zero attached hydrogens (tertiary/aromatic N) is 5. The number of aryl methyl sites for hydroxylation is 2. The lowest BCUT2D eigenvalue weighted by Crippen LogP contribution is -2.47. The first-order valence-electron chi connectivity index (χ1n) is 9.09. The Labute approximate surface area is 146 Å². The Bertz CT molecular complexity index is 759. The molecule has 5 rings (SSSR count). The van der Waals surface area contributed by atoms with Crippen LogP contribution < -0.4 is 9.80 Å². The Morgan fingerprint density at radius 2 is 1.79 bits per heavy atom. The number of thiazole rings is 1. The van der Waals surface area contributed by atoms with Crippen LogP contribution in [0.4, 0.5) is 10.9 Å². The molecule has 3 aliphatic rings. The van der Waals surface area contributed by atoms with Gasteiger partial charge in [0.2, 0.25) is 0 Å². The lowest BCUT2D eigenvalue weighted by atomic mass is 10.2. The summed E-state index contributed by atoms with van der Waals surface area (Å²) in [6.07, 6.45) is 6.08. The molecule has 1 saturated heterocycles. The van der Waals surface area contributed by atoms with Crippen molar-refractivity contribution < 1.29 is 0 Å². The Morgan fingerprint density at radius 3 is 2.50 bits per heavy atom. The van der Waals surface area contributed by atoms with Crippen molar-refractivity contribution in [1.82, 2.24) is 15.0 Å². The van der Waals surface area contributed by atoms with Crippen LogP contribution in [0.5, 0.6) is 0 Å². The van der Waals surface area contributed by atoms with E-state index in [9.17, 15) is 0 Å². The van der Waals surface area contributed by atoms with Gasteiger partial charge in [-0.25, -0.2) is 15.0 Å². The Balaban J connectivity index is 1.38. The zero-order valence-electron chi connectivity index (χ0n) is 14.2. The van der Waals surface area contributed by atoms with Gasteiger partial charge in [0.1, 0.15) is 11.6 Å². The molecule has 0 radical (unpaired) electrons. The van der Waals surface area contributed by atoms with E-state index in [1.165, 1.54) is 41.5 Å². The lowest BCUT2D eigenvalue weighted by Gasteiger charge is -2.36. The normalized spacial score (nSPS) is 20.5. The summed E-state index contributed by atoms with van der Waals surface area (Å²) in [5.41, 5.74) is 3.89. The molecule has 1 saturated carbocycles. The molecule has 2 aliphatic carbocycles. The van der Waals surface area contributed by atoms with Crippen molar-refractivity contribution >= 4 is 22.3 Å². The van der Waals surface area contributed by atoms with Crippen molar-refractivity contribution in [2.45, 2.75) is 44.9 Å². The maximum absolute atomic E-state index is 5.02. The summed E-state index contributed by atoms with van der Waals surface area (Å²) in [5, 5.41) is 3.31. The van der Waals surface area contributed by atoms with Gasteiger partial charge in [-0.15, -0.1) is 11.3 Å². The number of rotatable bonds is 3. The predicted octanol–water partition coefficient (Wildman–Crippen LogP) is 2.93. The van der Waals surface area contributed by atoms with Crippen LogP contribution in [0.25, 0.3) is 0 Å². The van der Waals surface area contributed by atoms with Gasteiger partial charge in [0.15, 0.2) is 5.13 Å². The fourth-order valence-corrected chi connectivity index (χ4v) is 4.67. The molecule has 2 aromatic rings. The molecule has 0 unspecified atom stereocenters. The highest BCUT2D eigenvalue weighted by molar-refractivity contribution is 7.13. The minimum Gasteiger partial charge on any atom is -0.353 e. The predicted molar refractivity (Wildman–Crippen MR) is 97.3 cm³/mol. The SMILES string of the molecule is Cc1csc(N2CCN(c3nc(C4CC4)nc4c3CCC4)CC2)n1. The summed E-state index contributed by atoms with van der Waals surface area (Å²) >= 11 is 1.76. The van der Waals surface area contributed by atoms with Crippen LogP contribution in [0.15, 0.2) is 5.38 Å². The van der Waals surface area contributed by atoms with Crippen LogP contribution in [0.3, 0.4) is 0 Å². The summed E-state index contributed by atoms with van der Waals surface area (Å²) in [6.45, 7) is 6.20. The van der Waals surface area contributed by atoms with Crippen molar-refractivity contribution in [3.8, 4) is 0 Å². The van der Waals surface area contributed by atoms with Crippen LogP contribution in [-0.2, 0) is 12.8 Å². The Kier molecular flexibility index (Phi) is 3.47. The van der Waals surface area contributed by atoms with Gasteiger partial charge in [-0.05, 0) is 39.0 Å². The van der Waals surface area contributed by atoms with Gasteiger partial charge in [-0.3, -0.25) is 0 Å². The van der Waals surface area contributed by atoms with Gasteiger partial charge in [0.25, 0.3) is 0 Å². The lowest BCUT2D eigenvalue weighted by molar-refractivity contribution is 0.640. The van der Waals surface area contributed by atoms with Gasteiger partial charge in [-0.1, -0.05) is 0 Å².